The molecule has 3 nitrogen and oxygen atoms in total. The molecule has 1 atom stereocenters. The van der Waals surface area contributed by atoms with Crippen LogP contribution in [0.25, 0.3) is 22.5 Å². The van der Waals surface area contributed by atoms with Crippen LogP contribution in [0.5, 0.6) is 0 Å². The van der Waals surface area contributed by atoms with Gasteiger partial charge in [0.05, 0.1) is 16.9 Å². The van der Waals surface area contributed by atoms with Crippen molar-refractivity contribution >= 4 is 0 Å². The molecule has 3 aromatic carbocycles. The van der Waals surface area contributed by atoms with E-state index in [9.17, 15) is 5.11 Å². The summed E-state index contributed by atoms with van der Waals surface area (Å²) < 4.78 is 5.72. The van der Waals surface area contributed by atoms with Gasteiger partial charge in [0.25, 0.3) is 0 Å². The predicted molar refractivity (Wildman–Crippen MR) is 133 cm³/mol. The van der Waals surface area contributed by atoms with Crippen molar-refractivity contribution in [3.8, 4) is 22.5 Å². The Bertz CT molecular complexity index is 1200. The minimum atomic E-state index is -1.01. The molecule has 1 fully saturated rings. The van der Waals surface area contributed by atoms with Crippen molar-refractivity contribution in [2.75, 3.05) is 0 Å². The maximum atomic E-state index is 11.4. The summed E-state index contributed by atoms with van der Waals surface area (Å²) in [7, 11) is 0. The standard InChI is InChI=1S/C30H31NO2/c1-21-28(30(2,32)20-6-9-22-7-4-3-5-8-22)29(33-31-21)27-18-16-26(17-19-27)25-14-12-24(13-15-25)23-10-11-23/h3-5,7-8,12-19,23,32H,6,9-11,20H2,1-2H3. The minimum absolute atomic E-state index is 0.641. The second-order valence-electron chi connectivity index (χ2n) is 9.56. The van der Waals surface area contributed by atoms with Gasteiger partial charge in [0.15, 0.2) is 5.76 Å². The second kappa shape index (κ2) is 8.99. The van der Waals surface area contributed by atoms with Crippen LogP contribution in [-0.4, -0.2) is 10.3 Å². The van der Waals surface area contributed by atoms with Crippen LogP contribution in [0.15, 0.2) is 83.4 Å². The molecule has 5 rings (SSSR count). The van der Waals surface area contributed by atoms with Gasteiger partial charge in [-0.05, 0) is 74.1 Å². The molecule has 3 heteroatoms. The van der Waals surface area contributed by atoms with Crippen LogP contribution >= 0.6 is 0 Å². The second-order valence-corrected chi connectivity index (χ2v) is 9.56. The van der Waals surface area contributed by atoms with Crippen molar-refractivity contribution in [3.05, 3.63) is 101 Å². The highest BCUT2D eigenvalue weighted by atomic mass is 16.5. The van der Waals surface area contributed by atoms with E-state index in [1.807, 2.05) is 19.9 Å². The van der Waals surface area contributed by atoms with Crippen LogP contribution in [0.2, 0.25) is 0 Å². The maximum absolute atomic E-state index is 11.4. The Balaban J connectivity index is 1.33. The minimum Gasteiger partial charge on any atom is -0.385 e. The van der Waals surface area contributed by atoms with E-state index in [1.54, 1.807) is 0 Å². The monoisotopic (exact) mass is 437 g/mol. The summed E-state index contributed by atoms with van der Waals surface area (Å²) in [5.74, 6) is 1.43. The topological polar surface area (TPSA) is 46.3 Å². The molecule has 1 N–H and O–H groups in total. The number of benzene rings is 3. The molecule has 0 aliphatic heterocycles. The molecule has 1 aliphatic rings. The number of rotatable bonds is 8. The molecular weight excluding hydrogens is 406 g/mol. The predicted octanol–water partition coefficient (Wildman–Crippen LogP) is 7.42. The molecule has 0 bridgehead atoms. The molecule has 0 amide bonds. The smallest absolute Gasteiger partial charge is 0.173 e. The average molecular weight is 438 g/mol. The molecule has 0 spiro atoms. The Morgan fingerprint density at radius 3 is 2.12 bits per heavy atom. The van der Waals surface area contributed by atoms with Crippen molar-refractivity contribution in [3.63, 3.8) is 0 Å². The third kappa shape index (κ3) is 4.79. The van der Waals surface area contributed by atoms with E-state index >= 15 is 0 Å². The lowest BCUT2D eigenvalue weighted by atomic mass is 9.86. The first-order valence-corrected chi connectivity index (χ1v) is 11.9. The SMILES string of the molecule is Cc1noc(-c2ccc(-c3ccc(C4CC4)cc3)cc2)c1C(C)(O)CCCc1ccccc1. The first-order valence-electron chi connectivity index (χ1n) is 11.9. The number of hydrogen-bond donors (Lipinski definition) is 1. The Morgan fingerprint density at radius 2 is 1.48 bits per heavy atom. The molecule has 1 aliphatic carbocycles. The molecule has 0 radical (unpaired) electrons. The first kappa shape index (κ1) is 21.7. The highest BCUT2D eigenvalue weighted by Crippen LogP contribution is 2.41. The van der Waals surface area contributed by atoms with Gasteiger partial charge < -0.3 is 9.63 Å². The normalized spacial score (nSPS) is 15.4. The summed E-state index contributed by atoms with van der Waals surface area (Å²) in [5.41, 5.74) is 6.59. The third-order valence-corrected chi connectivity index (χ3v) is 6.81. The van der Waals surface area contributed by atoms with Crippen LogP contribution < -0.4 is 0 Å². The molecule has 1 unspecified atom stereocenters. The van der Waals surface area contributed by atoms with Gasteiger partial charge in [-0.1, -0.05) is 84.0 Å². The van der Waals surface area contributed by atoms with E-state index in [0.717, 1.165) is 35.6 Å². The molecular formula is C30H31NO2. The fourth-order valence-electron chi connectivity index (χ4n) is 4.79. The zero-order valence-electron chi connectivity index (χ0n) is 19.4. The van der Waals surface area contributed by atoms with Crippen LogP contribution in [0, 0.1) is 6.92 Å². The van der Waals surface area contributed by atoms with Gasteiger partial charge in [0, 0.05) is 5.56 Å². The molecule has 0 saturated heterocycles. The Morgan fingerprint density at radius 1 is 0.879 bits per heavy atom. The summed E-state index contributed by atoms with van der Waals surface area (Å²) in [6.45, 7) is 3.78. The maximum Gasteiger partial charge on any atom is 0.173 e. The summed E-state index contributed by atoms with van der Waals surface area (Å²) in [6.07, 6.45) is 5.11. The zero-order chi connectivity index (χ0) is 22.8. The molecule has 168 valence electrons. The van der Waals surface area contributed by atoms with Crippen molar-refractivity contribution in [1.82, 2.24) is 5.16 Å². The Kier molecular flexibility index (Phi) is 5.90. The van der Waals surface area contributed by atoms with E-state index in [4.69, 9.17) is 4.52 Å². The number of nitrogens with zero attached hydrogens (tertiary/aromatic N) is 1. The van der Waals surface area contributed by atoms with Gasteiger partial charge in [-0.15, -0.1) is 0 Å². The van der Waals surface area contributed by atoms with Crippen molar-refractivity contribution in [2.24, 2.45) is 0 Å². The molecule has 1 aromatic heterocycles. The summed E-state index contributed by atoms with van der Waals surface area (Å²) in [4.78, 5) is 0. The van der Waals surface area contributed by atoms with Crippen molar-refractivity contribution in [1.29, 1.82) is 0 Å². The van der Waals surface area contributed by atoms with Crippen molar-refractivity contribution in [2.45, 2.75) is 57.5 Å². The van der Waals surface area contributed by atoms with Crippen LogP contribution in [0.4, 0.5) is 0 Å². The number of aromatic nitrogens is 1. The Hall–Kier alpha value is -3.17. The van der Waals surface area contributed by atoms with E-state index in [0.29, 0.717) is 12.2 Å². The molecule has 33 heavy (non-hydrogen) atoms. The quantitative estimate of drug-likeness (QED) is 0.312. The fraction of sp³-hybridized carbons (Fsp3) is 0.300. The summed E-state index contributed by atoms with van der Waals surface area (Å²) in [5, 5.41) is 15.6. The summed E-state index contributed by atoms with van der Waals surface area (Å²) in [6, 6.07) is 27.7. The highest BCUT2D eigenvalue weighted by Gasteiger charge is 2.32. The lowest BCUT2D eigenvalue weighted by Gasteiger charge is -2.24. The van der Waals surface area contributed by atoms with E-state index in [2.05, 4.69) is 78.0 Å². The van der Waals surface area contributed by atoms with Gasteiger partial charge in [-0.3, -0.25) is 0 Å². The van der Waals surface area contributed by atoms with Gasteiger partial charge in [-0.2, -0.15) is 0 Å². The highest BCUT2D eigenvalue weighted by molar-refractivity contribution is 5.70. The molecule has 1 heterocycles. The van der Waals surface area contributed by atoms with Gasteiger partial charge in [0.2, 0.25) is 0 Å². The first-order chi connectivity index (χ1) is 16.0. The number of aliphatic hydroxyl groups is 1. The summed E-state index contributed by atoms with van der Waals surface area (Å²) >= 11 is 0. The van der Waals surface area contributed by atoms with Gasteiger partial charge >= 0.3 is 0 Å². The number of hydrogen-bond acceptors (Lipinski definition) is 3. The molecule has 1 saturated carbocycles. The number of aryl methyl sites for hydroxylation is 2. The van der Waals surface area contributed by atoms with Gasteiger partial charge in [0.1, 0.15) is 0 Å². The zero-order valence-corrected chi connectivity index (χ0v) is 19.4. The van der Waals surface area contributed by atoms with E-state index in [1.165, 1.54) is 35.1 Å². The average Bonchev–Trinajstić information content (AvgIpc) is 3.61. The van der Waals surface area contributed by atoms with Crippen LogP contribution in [0.1, 0.15) is 60.9 Å². The fourth-order valence-corrected chi connectivity index (χ4v) is 4.79. The third-order valence-electron chi connectivity index (χ3n) is 6.81. The molecule has 4 aromatic rings. The van der Waals surface area contributed by atoms with Crippen molar-refractivity contribution < 1.29 is 9.63 Å². The van der Waals surface area contributed by atoms with Crippen LogP contribution in [0.3, 0.4) is 0 Å². The lowest BCUT2D eigenvalue weighted by molar-refractivity contribution is 0.0453. The van der Waals surface area contributed by atoms with Crippen LogP contribution in [-0.2, 0) is 12.0 Å². The lowest BCUT2D eigenvalue weighted by Crippen LogP contribution is -2.22. The largest absolute Gasteiger partial charge is 0.385 e. The van der Waals surface area contributed by atoms with Gasteiger partial charge in [-0.25, -0.2) is 0 Å². The van der Waals surface area contributed by atoms with E-state index < -0.39 is 5.60 Å². The van der Waals surface area contributed by atoms with E-state index in [-0.39, 0.29) is 0 Å². The Labute approximate surface area is 196 Å².